The van der Waals surface area contributed by atoms with Crippen molar-refractivity contribution in [2.75, 3.05) is 0 Å². The van der Waals surface area contributed by atoms with Crippen LogP contribution >= 0.6 is 0 Å². The molecule has 0 aromatic heterocycles. The number of hydrogen-bond donors (Lipinski definition) is 0. The van der Waals surface area contributed by atoms with Gasteiger partial charge in [-0.05, 0) is 5.92 Å². The summed E-state index contributed by atoms with van der Waals surface area (Å²) in [6.07, 6.45) is 47.2. The molecule has 0 aliphatic heterocycles. The molecule has 0 N–H and O–H groups in total. The third-order valence-electron chi connectivity index (χ3n) is 8.60. The van der Waals surface area contributed by atoms with E-state index in [1.54, 1.807) is 0 Å². The van der Waals surface area contributed by atoms with E-state index >= 15 is 0 Å². The van der Waals surface area contributed by atoms with E-state index in [1.807, 2.05) is 0 Å². The SMILES string of the molecule is CCCCCCCCCCCCCCCCCCC(C)CCCCCCCCCCCCCCCC. The summed E-state index contributed by atoms with van der Waals surface area (Å²) in [4.78, 5) is 0. The second kappa shape index (κ2) is 33.0. The normalized spacial score (nSPS) is 12.4. The van der Waals surface area contributed by atoms with Gasteiger partial charge < -0.3 is 0 Å². The monoisotopic (exact) mass is 507 g/mol. The molecule has 0 fully saturated rings. The average molecular weight is 507 g/mol. The van der Waals surface area contributed by atoms with E-state index in [2.05, 4.69) is 20.8 Å². The zero-order chi connectivity index (χ0) is 26.2. The molecule has 0 bridgehead atoms. The van der Waals surface area contributed by atoms with Crippen LogP contribution in [-0.2, 0) is 0 Å². The number of hydrogen-bond acceptors (Lipinski definition) is 0. The topological polar surface area (TPSA) is 0 Å². The molecule has 36 heavy (non-hydrogen) atoms. The van der Waals surface area contributed by atoms with E-state index in [-0.39, 0.29) is 0 Å². The second-order valence-corrected chi connectivity index (χ2v) is 12.6. The molecule has 0 aliphatic carbocycles. The van der Waals surface area contributed by atoms with E-state index in [0.29, 0.717) is 0 Å². The average Bonchev–Trinajstić information content (AvgIpc) is 2.88. The summed E-state index contributed by atoms with van der Waals surface area (Å²) in [5.74, 6) is 0.967. The van der Waals surface area contributed by atoms with Gasteiger partial charge in [-0.25, -0.2) is 0 Å². The first kappa shape index (κ1) is 36.0. The van der Waals surface area contributed by atoms with Crippen LogP contribution < -0.4 is 0 Å². The molecule has 0 spiro atoms. The highest BCUT2D eigenvalue weighted by atomic mass is 14.1. The Labute approximate surface area is 232 Å². The molecule has 0 saturated carbocycles. The van der Waals surface area contributed by atoms with E-state index < -0.39 is 0 Å². The summed E-state index contributed by atoms with van der Waals surface area (Å²) < 4.78 is 0. The summed E-state index contributed by atoms with van der Waals surface area (Å²) in [6, 6.07) is 0. The predicted molar refractivity (Wildman–Crippen MR) is 168 cm³/mol. The molecule has 1 atom stereocenters. The first-order valence-electron chi connectivity index (χ1n) is 17.8. The minimum Gasteiger partial charge on any atom is -0.0654 e. The van der Waals surface area contributed by atoms with Crippen molar-refractivity contribution in [3.8, 4) is 0 Å². The molecule has 0 aliphatic rings. The van der Waals surface area contributed by atoms with Crippen LogP contribution in [0.4, 0.5) is 0 Å². The van der Waals surface area contributed by atoms with E-state index in [9.17, 15) is 0 Å². The molecular formula is C36H74. The van der Waals surface area contributed by atoms with Crippen molar-refractivity contribution in [3.63, 3.8) is 0 Å². The van der Waals surface area contributed by atoms with Crippen LogP contribution in [-0.4, -0.2) is 0 Å². The molecule has 0 heterocycles. The van der Waals surface area contributed by atoms with Gasteiger partial charge in [0.25, 0.3) is 0 Å². The highest BCUT2D eigenvalue weighted by molar-refractivity contribution is 4.56. The lowest BCUT2D eigenvalue weighted by molar-refractivity contribution is 0.429. The third-order valence-corrected chi connectivity index (χ3v) is 8.60. The Morgan fingerprint density at radius 1 is 0.250 bits per heavy atom. The molecule has 0 heteroatoms. The Morgan fingerprint density at radius 3 is 0.611 bits per heavy atom. The van der Waals surface area contributed by atoms with Crippen LogP contribution in [0, 0.1) is 5.92 Å². The molecule has 0 aromatic carbocycles. The van der Waals surface area contributed by atoms with E-state index in [1.165, 1.54) is 205 Å². The third kappa shape index (κ3) is 32.0. The molecule has 0 nitrogen and oxygen atoms in total. The largest absolute Gasteiger partial charge is 0.0654 e. The Hall–Kier alpha value is 0. The van der Waals surface area contributed by atoms with E-state index in [4.69, 9.17) is 0 Å². The van der Waals surface area contributed by atoms with Gasteiger partial charge in [-0.1, -0.05) is 226 Å². The maximum Gasteiger partial charge on any atom is -0.0443 e. The molecule has 0 amide bonds. The quantitative estimate of drug-likeness (QED) is 0.0795. The van der Waals surface area contributed by atoms with Gasteiger partial charge in [0.2, 0.25) is 0 Å². The van der Waals surface area contributed by atoms with Crippen LogP contribution in [0.15, 0.2) is 0 Å². The van der Waals surface area contributed by atoms with Crippen molar-refractivity contribution in [2.45, 2.75) is 226 Å². The van der Waals surface area contributed by atoms with Crippen molar-refractivity contribution in [2.24, 2.45) is 5.92 Å². The smallest absolute Gasteiger partial charge is 0.0443 e. The Kier molecular flexibility index (Phi) is 33.0. The van der Waals surface area contributed by atoms with Gasteiger partial charge in [0.05, 0.1) is 0 Å². The fraction of sp³-hybridized carbons (Fsp3) is 1.00. The maximum absolute atomic E-state index is 2.51. The molecule has 1 unspecified atom stereocenters. The Bertz CT molecular complexity index is 359. The highest BCUT2D eigenvalue weighted by Gasteiger charge is 2.02. The van der Waals surface area contributed by atoms with Crippen molar-refractivity contribution in [1.82, 2.24) is 0 Å². The van der Waals surface area contributed by atoms with E-state index in [0.717, 1.165) is 5.92 Å². The molecule has 0 saturated heterocycles. The fourth-order valence-electron chi connectivity index (χ4n) is 5.87. The van der Waals surface area contributed by atoms with Gasteiger partial charge in [0.1, 0.15) is 0 Å². The molecular weight excluding hydrogens is 432 g/mol. The molecule has 0 rings (SSSR count). The summed E-state index contributed by atoms with van der Waals surface area (Å²) in [6.45, 7) is 7.12. The molecule has 0 radical (unpaired) electrons. The lowest BCUT2D eigenvalue weighted by Gasteiger charge is -2.11. The van der Waals surface area contributed by atoms with Crippen molar-refractivity contribution >= 4 is 0 Å². The second-order valence-electron chi connectivity index (χ2n) is 12.6. The first-order chi connectivity index (χ1) is 17.8. The number of rotatable bonds is 32. The summed E-state index contributed by atoms with van der Waals surface area (Å²) >= 11 is 0. The fourth-order valence-corrected chi connectivity index (χ4v) is 5.87. The minimum atomic E-state index is 0.967. The molecule has 0 aromatic rings. The predicted octanol–water partition coefficient (Wildman–Crippen LogP) is 14.1. The number of unbranched alkanes of at least 4 members (excludes halogenated alkanes) is 28. The van der Waals surface area contributed by atoms with Crippen molar-refractivity contribution in [3.05, 3.63) is 0 Å². The van der Waals surface area contributed by atoms with Gasteiger partial charge in [-0.3, -0.25) is 0 Å². The van der Waals surface area contributed by atoms with Crippen LogP contribution in [0.1, 0.15) is 226 Å². The Balaban J connectivity index is 3.13. The Morgan fingerprint density at radius 2 is 0.417 bits per heavy atom. The van der Waals surface area contributed by atoms with Crippen LogP contribution in [0.25, 0.3) is 0 Å². The summed E-state index contributed by atoms with van der Waals surface area (Å²) in [7, 11) is 0. The van der Waals surface area contributed by atoms with Crippen molar-refractivity contribution in [1.29, 1.82) is 0 Å². The van der Waals surface area contributed by atoms with Gasteiger partial charge in [0.15, 0.2) is 0 Å². The zero-order valence-corrected chi connectivity index (χ0v) is 26.2. The van der Waals surface area contributed by atoms with Crippen LogP contribution in [0.5, 0.6) is 0 Å². The standard InChI is InChI=1S/C36H74/c1-4-6-8-10-12-14-16-18-20-21-23-25-27-29-31-33-35-36(3)34-32-30-28-26-24-22-19-17-15-13-11-9-7-5-2/h36H,4-35H2,1-3H3. The molecule has 218 valence electrons. The van der Waals surface area contributed by atoms with Crippen LogP contribution in [0.3, 0.4) is 0 Å². The highest BCUT2D eigenvalue weighted by Crippen LogP contribution is 2.19. The minimum absolute atomic E-state index is 0.967. The van der Waals surface area contributed by atoms with Gasteiger partial charge in [-0.2, -0.15) is 0 Å². The van der Waals surface area contributed by atoms with Crippen LogP contribution in [0.2, 0.25) is 0 Å². The van der Waals surface area contributed by atoms with Gasteiger partial charge in [-0.15, -0.1) is 0 Å². The first-order valence-corrected chi connectivity index (χ1v) is 17.8. The van der Waals surface area contributed by atoms with Gasteiger partial charge >= 0.3 is 0 Å². The summed E-state index contributed by atoms with van der Waals surface area (Å²) in [5, 5.41) is 0. The summed E-state index contributed by atoms with van der Waals surface area (Å²) in [5.41, 5.74) is 0. The van der Waals surface area contributed by atoms with Gasteiger partial charge in [0, 0.05) is 0 Å². The lowest BCUT2D eigenvalue weighted by atomic mass is 9.95. The lowest BCUT2D eigenvalue weighted by Crippen LogP contribution is -1.95. The van der Waals surface area contributed by atoms with Crippen molar-refractivity contribution < 1.29 is 0 Å². The maximum atomic E-state index is 2.51. The zero-order valence-electron chi connectivity index (χ0n) is 26.2.